The van der Waals surface area contributed by atoms with Crippen molar-refractivity contribution in [2.45, 2.75) is 78.4 Å². The third-order valence-electron chi connectivity index (χ3n) is 5.85. The van der Waals surface area contributed by atoms with Crippen molar-refractivity contribution in [1.29, 1.82) is 10.8 Å². The number of hydrogen-bond acceptors (Lipinski definition) is 6. The van der Waals surface area contributed by atoms with Crippen LogP contribution < -0.4 is 10.6 Å². The first-order valence-corrected chi connectivity index (χ1v) is 10.4. The van der Waals surface area contributed by atoms with E-state index in [1.807, 2.05) is 41.5 Å². The molecule has 2 rings (SSSR count). The van der Waals surface area contributed by atoms with E-state index in [2.05, 4.69) is 10.6 Å². The van der Waals surface area contributed by atoms with Gasteiger partial charge >= 0.3 is 0 Å². The third kappa shape index (κ3) is 6.72. The Kier molecular flexibility index (Phi) is 10.9. The van der Waals surface area contributed by atoms with Gasteiger partial charge in [-0.3, -0.25) is 20.4 Å². The van der Waals surface area contributed by atoms with Crippen molar-refractivity contribution in [2.24, 2.45) is 0 Å². The molecule has 0 radical (unpaired) electrons. The van der Waals surface area contributed by atoms with Crippen molar-refractivity contribution in [3.8, 4) is 0 Å². The molecule has 0 atom stereocenters. The molecular weight excluding hydrogens is 455 g/mol. The van der Waals surface area contributed by atoms with E-state index in [-0.39, 0.29) is 48.4 Å². The van der Waals surface area contributed by atoms with Gasteiger partial charge in [0.1, 0.15) is 22.3 Å². The number of unbranched alkanes of at least 4 members (excludes halogenated alkanes) is 3. The summed E-state index contributed by atoms with van der Waals surface area (Å²) in [7, 11) is 0. The lowest BCUT2D eigenvalue weighted by Gasteiger charge is -2.18. The number of amides is 2. The van der Waals surface area contributed by atoms with Gasteiger partial charge in [-0.1, -0.05) is 12.8 Å². The summed E-state index contributed by atoms with van der Waals surface area (Å²) in [6, 6.07) is 0. The molecule has 10 heteroatoms. The molecule has 2 heterocycles. The number of halogens is 2. The highest BCUT2D eigenvalue weighted by Crippen LogP contribution is 2.32. The first-order chi connectivity index (χ1) is 13.9. The number of ether oxygens (including phenoxy) is 2. The molecular formula is C22H36Cl2N4O4. The van der Waals surface area contributed by atoms with Crippen LogP contribution in [0.25, 0.3) is 0 Å². The summed E-state index contributed by atoms with van der Waals surface area (Å²) in [6.07, 6.45) is 3.48. The molecule has 8 nitrogen and oxygen atoms in total. The standard InChI is InChI=1S/C22H34N4O4.2ClH/c1-13-15(17(23)29-21(13,3)4)19(27)25-11-9-7-8-10-12-26-20(28)16-14(2)22(5,6)30-18(16)24;;/h23-24H,7-12H2,1-6H3,(H,25,27)(H,26,28);2*1H. The van der Waals surface area contributed by atoms with Crippen LogP contribution >= 0.6 is 24.8 Å². The quantitative estimate of drug-likeness (QED) is 0.366. The number of rotatable bonds is 9. The monoisotopic (exact) mass is 490 g/mol. The van der Waals surface area contributed by atoms with Gasteiger partial charge in [0.05, 0.1) is 0 Å². The van der Waals surface area contributed by atoms with Crippen LogP contribution in [0.1, 0.15) is 67.2 Å². The number of carbonyl (C=O) groups excluding carboxylic acids is 2. The number of carbonyl (C=O) groups is 2. The van der Waals surface area contributed by atoms with E-state index in [4.69, 9.17) is 20.3 Å². The van der Waals surface area contributed by atoms with E-state index < -0.39 is 11.2 Å². The van der Waals surface area contributed by atoms with Gasteiger partial charge in [-0.25, -0.2) is 0 Å². The highest BCUT2D eigenvalue weighted by molar-refractivity contribution is 6.20. The van der Waals surface area contributed by atoms with Gasteiger partial charge in [-0.2, -0.15) is 0 Å². The molecule has 0 bridgehead atoms. The Morgan fingerprint density at radius 2 is 1.03 bits per heavy atom. The van der Waals surface area contributed by atoms with Crippen molar-refractivity contribution in [3.05, 3.63) is 22.3 Å². The maximum Gasteiger partial charge on any atom is 0.256 e. The molecule has 0 fully saturated rings. The molecule has 0 saturated carbocycles. The zero-order valence-corrected chi connectivity index (χ0v) is 21.3. The lowest BCUT2D eigenvalue weighted by atomic mass is 9.97. The van der Waals surface area contributed by atoms with Gasteiger partial charge in [-0.05, 0) is 65.5 Å². The molecule has 0 unspecified atom stereocenters. The Morgan fingerprint density at radius 3 is 1.28 bits per heavy atom. The van der Waals surface area contributed by atoms with Gasteiger partial charge in [0.25, 0.3) is 11.8 Å². The van der Waals surface area contributed by atoms with E-state index in [0.717, 1.165) is 36.8 Å². The predicted molar refractivity (Wildman–Crippen MR) is 130 cm³/mol. The normalized spacial score (nSPS) is 18.4. The molecule has 0 aliphatic carbocycles. The summed E-state index contributed by atoms with van der Waals surface area (Å²) in [5.74, 6) is -0.660. The second kappa shape index (κ2) is 11.7. The molecule has 4 N–H and O–H groups in total. The van der Waals surface area contributed by atoms with Gasteiger partial charge in [-0.15, -0.1) is 24.8 Å². The Hall–Kier alpha value is -2.06. The van der Waals surface area contributed by atoms with Crippen LogP contribution in [0.2, 0.25) is 0 Å². The van der Waals surface area contributed by atoms with Crippen molar-refractivity contribution in [2.75, 3.05) is 13.1 Å². The molecule has 0 aromatic heterocycles. The van der Waals surface area contributed by atoms with Crippen LogP contribution in [-0.2, 0) is 19.1 Å². The van der Waals surface area contributed by atoms with Crippen LogP contribution in [0, 0.1) is 10.8 Å². The average molecular weight is 491 g/mol. The van der Waals surface area contributed by atoms with Crippen molar-refractivity contribution in [1.82, 2.24) is 10.6 Å². The maximum absolute atomic E-state index is 12.3. The minimum absolute atomic E-state index is 0. The molecule has 0 spiro atoms. The van der Waals surface area contributed by atoms with Crippen molar-refractivity contribution >= 4 is 48.4 Å². The summed E-state index contributed by atoms with van der Waals surface area (Å²) in [4.78, 5) is 24.6. The molecule has 32 heavy (non-hydrogen) atoms. The highest BCUT2D eigenvalue weighted by Gasteiger charge is 2.39. The number of hydrogen-bond donors (Lipinski definition) is 4. The fourth-order valence-electron chi connectivity index (χ4n) is 3.44. The van der Waals surface area contributed by atoms with E-state index in [9.17, 15) is 9.59 Å². The summed E-state index contributed by atoms with van der Waals surface area (Å²) < 4.78 is 10.9. The van der Waals surface area contributed by atoms with Crippen LogP contribution in [-0.4, -0.2) is 47.9 Å². The predicted octanol–water partition coefficient (Wildman–Crippen LogP) is 3.83. The summed E-state index contributed by atoms with van der Waals surface area (Å²) in [5.41, 5.74) is 0.989. The Labute approximate surface area is 202 Å². The second-order valence-electron chi connectivity index (χ2n) is 8.81. The van der Waals surface area contributed by atoms with Crippen LogP contribution in [0.3, 0.4) is 0 Å². The van der Waals surface area contributed by atoms with E-state index in [1.165, 1.54) is 0 Å². The molecule has 2 aliphatic rings. The smallest absolute Gasteiger partial charge is 0.256 e. The molecule has 0 saturated heterocycles. The maximum atomic E-state index is 12.3. The lowest BCUT2D eigenvalue weighted by molar-refractivity contribution is -0.117. The molecule has 2 amide bonds. The minimum atomic E-state index is -0.609. The SMILES string of the molecule is CC1=C(C(=O)NCCCCCCNC(=O)C2=C(C)C(C)(C)OC2=N)C(=N)OC1(C)C.Cl.Cl. The topological polar surface area (TPSA) is 124 Å². The fourth-order valence-corrected chi connectivity index (χ4v) is 3.44. The lowest BCUT2D eigenvalue weighted by Crippen LogP contribution is -2.29. The van der Waals surface area contributed by atoms with Crippen molar-refractivity contribution < 1.29 is 19.1 Å². The Balaban J connectivity index is 0.00000480. The van der Waals surface area contributed by atoms with Gasteiger partial charge in [0.2, 0.25) is 11.8 Å². The van der Waals surface area contributed by atoms with Gasteiger partial charge in [0, 0.05) is 13.1 Å². The Morgan fingerprint density at radius 1 is 0.719 bits per heavy atom. The molecule has 0 aromatic carbocycles. The molecule has 0 aromatic rings. The van der Waals surface area contributed by atoms with Crippen molar-refractivity contribution in [3.63, 3.8) is 0 Å². The van der Waals surface area contributed by atoms with Gasteiger partial charge in [0.15, 0.2) is 0 Å². The zero-order valence-electron chi connectivity index (χ0n) is 19.7. The number of nitrogens with one attached hydrogen (secondary N) is 4. The average Bonchev–Trinajstić information content (AvgIpc) is 2.96. The Bertz CT molecular complexity index is 764. The summed E-state index contributed by atoms with van der Waals surface area (Å²) in [6.45, 7) is 12.1. The zero-order chi connectivity index (χ0) is 22.7. The van der Waals surface area contributed by atoms with E-state index in [1.54, 1.807) is 0 Å². The van der Waals surface area contributed by atoms with Crippen LogP contribution in [0.15, 0.2) is 22.3 Å². The summed E-state index contributed by atoms with van der Waals surface area (Å²) in [5, 5.41) is 21.4. The summed E-state index contributed by atoms with van der Waals surface area (Å²) >= 11 is 0. The highest BCUT2D eigenvalue weighted by atomic mass is 35.5. The molecule has 182 valence electrons. The third-order valence-corrected chi connectivity index (χ3v) is 5.85. The fraction of sp³-hybridized carbons (Fsp3) is 0.636. The van der Waals surface area contributed by atoms with Crippen LogP contribution in [0.5, 0.6) is 0 Å². The van der Waals surface area contributed by atoms with E-state index in [0.29, 0.717) is 24.2 Å². The van der Waals surface area contributed by atoms with E-state index >= 15 is 0 Å². The van der Waals surface area contributed by atoms with Crippen LogP contribution in [0.4, 0.5) is 0 Å². The van der Waals surface area contributed by atoms with Gasteiger partial charge < -0.3 is 20.1 Å². The minimum Gasteiger partial charge on any atom is -0.467 e. The second-order valence-corrected chi connectivity index (χ2v) is 8.81. The first kappa shape index (κ1) is 29.9. The first-order valence-electron chi connectivity index (χ1n) is 10.4. The molecule has 2 aliphatic heterocycles. The largest absolute Gasteiger partial charge is 0.467 e.